The van der Waals surface area contributed by atoms with Crippen LogP contribution in [0.3, 0.4) is 0 Å². The lowest BCUT2D eigenvalue weighted by Gasteiger charge is -2.24. The van der Waals surface area contributed by atoms with E-state index in [2.05, 4.69) is 35.2 Å². The molecule has 1 atom stereocenters. The van der Waals surface area contributed by atoms with Crippen molar-refractivity contribution in [3.05, 3.63) is 41.6 Å². The number of nitrogens with one attached hydrogen (secondary N) is 2. The third kappa shape index (κ3) is 3.19. The normalized spacial score (nSPS) is 22.5. The van der Waals surface area contributed by atoms with E-state index in [0.717, 1.165) is 31.0 Å². The molecule has 19 heavy (non-hydrogen) atoms. The van der Waals surface area contributed by atoms with Gasteiger partial charge in [0.05, 0.1) is 18.9 Å². The van der Waals surface area contributed by atoms with Crippen LogP contribution in [-0.4, -0.2) is 31.8 Å². The topological polar surface area (TPSA) is 45.8 Å². The van der Waals surface area contributed by atoms with Crippen LogP contribution >= 0.6 is 12.4 Å². The molecule has 1 aromatic carbocycles. The van der Waals surface area contributed by atoms with Crippen LogP contribution in [0.1, 0.15) is 17.2 Å². The molecular weight excluding hydrogens is 266 g/mol. The number of rotatable bonds is 2. The van der Waals surface area contributed by atoms with Gasteiger partial charge in [-0.2, -0.15) is 0 Å². The minimum Gasteiger partial charge on any atom is -0.387 e. The molecule has 0 bridgehead atoms. The summed E-state index contributed by atoms with van der Waals surface area (Å²) in [6.07, 6.45) is 2.07. The average molecular weight is 284 g/mol. The van der Waals surface area contributed by atoms with Crippen molar-refractivity contribution in [2.24, 2.45) is 0 Å². The molecule has 2 aliphatic rings. The average Bonchev–Trinajstić information content (AvgIpc) is 2.87. The molecule has 0 amide bonds. The van der Waals surface area contributed by atoms with Crippen LogP contribution in [0.5, 0.6) is 0 Å². The van der Waals surface area contributed by atoms with E-state index in [0.29, 0.717) is 0 Å². The Morgan fingerprint density at radius 3 is 2.63 bits per heavy atom. The van der Waals surface area contributed by atoms with Crippen LogP contribution in [0.15, 0.2) is 30.5 Å². The zero-order valence-electron chi connectivity index (χ0n) is 10.8. The number of ether oxygens (including phenoxy) is 1. The molecule has 0 spiro atoms. The molecule has 0 saturated carbocycles. The third-order valence-electron chi connectivity index (χ3n) is 3.11. The van der Waals surface area contributed by atoms with Gasteiger partial charge in [-0.15, -0.1) is 12.4 Å². The lowest BCUT2D eigenvalue weighted by atomic mass is 10.1. The molecule has 2 heterocycles. The van der Waals surface area contributed by atoms with E-state index in [1.165, 1.54) is 5.56 Å². The highest BCUT2D eigenvalue weighted by Crippen LogP contribution is 2.23. The molecule has 0 radical (unpaired) electrons. The highest BCUT2D eigenvalue weighted by molar-refractivity contribution is 5.85. The Labute approximate surface area is 118 Å². The first-order valence-electron chi connectivity index (χ1n) is 6.13. The second-order valence-corrected chi connectivity index (χ2v) is 4.48. The highest BCUT2D eigenvalue weighted by atomic mass is 35.5. The van der Waals surface area contributed by atoms with Gasteiger partial charge >= 0.3 is 0 Å². The first-order chi connectivity index (χ1) is 8.83. The van der Waals surface area contributed by atoms with Crippen molar-refractivity contribution < 1.29 is 9.57 Å². The molecule has 1 aromatic rings. The summed E-state index contributed by atoms with van der Waals surface area (Å²) in [5, 5.41) is 5.11. The molecule has 0 unspecified atom stereocenters. The van der Waals surface area contributed by atoms with Gasteiger partial charge in [0, 0.05) is 25.7 Å². The number of hydrazine groups is 1. The van der Waals surface area contributed by atoms with Crippen LogP contribution in [-0.2, 0) is 9.57 Å². The van der Waals surface area contributed by atoms with Crippen molar-refractivity contribution in [1.29, 1.82) is 0 Å². The highest BCUT2D eigenvalue weighted by Gasteiger charge is 2.17. The summed E-state index contributed by atoms with van der Waals surface area (Å²) in [7, 11) is 1.89. The summed E-state index contributed by atoms with van der Waals surface area (Å²) >= 11 is 0. The van der Waals surface area contributed by atoms with E-state index in [1.807, 2.05) is 13.2 Å². The fraction of sp³-hybridized carbons (Fsp3) is 0.385. The summed E-state index contributed by atoms with van der Waals surface area (Å²) in [6.45, 7) is 2.59. The number of benzene rings is 1. The van der Waals surface area contributed by atoms with Crippen LogP contribution in [0.4, 0.5) is 0 Å². The van der Waals surface area contributed by atoms with E-state index < -0.39 is 0 Å². The Hall–Kier alpha value is -1.27. The maximum absolute atomic E-state index is 5.72. The van der Waals surface area contributed by atoms with Gasteiger partial charge in [-0.3, -0.25) is 5.01 Å². The molecule has 0 aromatic heterocycles. The number of hydrogen-bond acceptors (Lipinski definition) is 5. The summed E-state index contributed by atoms with van der Waals surface area (Å²) < 4.78 is 5.72. The standard InChI is InChI=1S/C13H17N3O2.ClH/c1-16-9-13(18-15-16)11-4-2-10(3-5-11)12-8-14-6-7-17-12;/h2-5,9,12,14-15H,6-8H2,1H3;1H/t12-;/m1./s1. The maximum atomic E-state index is 5.72. The monoisotopic (exact) mass is 283 g/mol. The molecular formula is C13H18ClN3O2. The maximum Gasteiger partial charge on any atom is 0.174 e. The van der Waals surface area contributed by atoms with Crippen molar-refractivity contribution in [2.45, 2.75) is 6.10 Å². The second kappa shape index (κ2) is 6.25. The van der Waals surface area contributed by atoms with Gasteiger partial charge in [0.1, 0.15) is 0 Å². The Kier molecular flexibility index (Phi) is 4.66. The van der Waals surface area contributed by atoms with Crippen LogP contribution in [0.2, 0.25) is 0 Å². The van der Waals surface area contributed by atoms with Gasteiger partial charge in [0.25, 0.3) is 0 Å². The van der Waals surface area contributed by atoms with Crippen LogP contribution in [0, 0.1) is 0 Å². The first kappa shape index (κ1) is 14.1. The fourth-order valence-electron chi connectivity index (χ4n) is 2.12. The van der Waals surface area contributed by atoms with Gasteiger partial charge < -0.3 is 14.9 Å². The molecule has 5 nitrogen and oxygen atoms in total. The predicted molar refractivity (Wildman–Crippen MR) is 75.2 cm³/mol. The zero-order chi connectivity index (χ0) is 12.4. The molecule has 0 aliphatic carbocycles. The van der Waals surface area contributed by atoms with Crippen molar-refractivity contribution in [1.82, 2.24) is 15.9 Å². The van der Waals surface area contributed by atoms with Crippen molar-refractivity contribution in [2.75, 3.05) is 26.7 Å². The van der Waals surface area contributed by atoms with Gasteiger partial charge in [-0.05, 0) is 5.56 Å². The van der Waals surface area contributed by atoms with E-state index in [9.17, 15) is 0 Å². The number of halogens is 1. The van der Waals surface area contributed by atoms with Crippen LogP contribution < -0.4 is 10.9 Å². The van der Waals surface area contributed by atoms with Crippen molar-refractivity contribution in [3.8, 4) is 0 Å². The molecule has 3 rings (SSSR count). The summed E-state index contributed by atoms with van der Waals surface area (Å²) in [4.78, 5) is 5.33. The van der Waals surface area contributed by atoms with Crippen molar-refractivity contribution in [3.63, 3.8) is 0 Å². The Morgan fingerprint density at radius 2 is 2.05 bits per heavy atom. The van der Waals surface area contributed by atoms with Gasteiger partial charge in [-0.1, -0.05) is 29.9 Å². The Morgan fingerprint density at radius 1 is 1.26 bits per heavy atom. The summed E-state index contributed by atoms with van der Waals surface area (Å²) in [5.74, 6) is 0.826. The molecule has 2 N–H and O–H groups in total. The number of morpholine rings is 1. The van der Waals surface area contributed by atoms with Gasteiger partial charge in [-0.25, -0.2) is 0 Å². The molecule has 2 aliphatic heterocycles. The predicted octanol–water partition coefficient (Wildman–Crippen LogP) is 1.45. The quantitative estimate of drug-likeness (QED) is 0.860. The Balaban J connectivity index is 0.00000133. The van der Waals surface area contributed by atoms with Crippen molar-refractivity contribution >= 4 is 18.2 Å². The number of hydrogen-bond donors (Lipinski definition) is 2. The minimum absolute atomic E-state index is 0. The van der Waals surface area contributed by atoms with E-state index >= 15 is 0 Å². The zero-order valence-corrected chi connectivity index (χ0v) is 11.6. The van der Waals surface area contributed by atoms with E-state index in [1.54, 1.807) is 5.01 Å². The molecule has 1 saturated heterocycles. The molecule has 1 fully saturated rings. The lowest BCUT2D eigenvalue weighted by Crippen LogP contribution is -2.33. The SMILES string of the molecule is CN1C=C(c2ccc([C@H]3CNCCO3)cc2)ON1.Cl. The van der Waals surface area contributed by atoms with Crippen LogP contribution in [0.25, 0.3) is 5.76 Å². The van der Waals surface area contributed by atoms with Gasteiger partial charge in [0.15, 0.2) is 5.76 Å². The Bertz CT molecular complexity index is 444. The van der Waals surface area contributed by atoms with E-state index in [4.69, 9.17) is 9.57 Å². The minimum atomic E-state index is 0. The smallest absolute Gasteiger partial charge is 0.174 e. The van der Waals surface area contributed by atoms with Gasteiger partial charge in [0.2, 0.25) is 0 Å². The first-order valence-corrected chi connectivity index (χ1v) is 6.13. The van der Waals surface area contributed by atoms with E-state index in [-0.39, 0.29) is 18.5 Å². The molecule has 104 valence electrons. The number of nitrogens with zero attached hydrogens (tertiary/aromatic N) is 1. The third-order valence-corrected chi connectivity index (χ3v) is 3.11. The fourth-order valence-corrected chi connectivity index (χ4v) is 2.12. The second-order valence-electron chi connectivity index (χ2n) is 4.48. The summed E-state index contributed by atoms with van der Waals surface area (Å²) in [6, 6.07) is 8.30. The molecule has 6 heteroatoms. The lowest BCUT2D eigenvalue weighted by molar-refractivity contribution is 0.0277. The summed E-state index contributed by atoms with van der Waals surface area (Å²) in [5.41, 5.74) is 5.01. The largest absolute Gasteiger partial charge is 0.387 e.